The number of phenolic OH excluding ortho intramolecular Hbond substituents is 1. The molecule has 28 heavy (non-hydrogen) atoms. The highest BCUT2D eigenvalue weighted by Crippen LogP contribution is 2.33. The molecule has 0 fully saturated rings. The summed E-state index contributed by atoms with van der Waals surface area (Å²) in [6, 6.07) is 10.5. The van der Waals surface area contributed by atoms with E-state index in [0.717, 1.165) is 30.5 Å². The van der Waals surface area contributed by atoms with Gasteiger partial charge in [0.2, 0.25) is 0 Å². The second-order valence-corrected chi connectivity index (χ2v) is 8.70. The highest BCUT2D eigenvalue weighted by molar-refractivity contribution is 5.44. The number of pyridine rings is 1. The van der Waals surface area contributed by atoms with Gasteiger partial charge in [0.25, 0.3) is 0 Å². The molecular weight excluding hydrogens is 346 g/mol. The lowest BCUT2D eigenvalue weighted by molar-refractivity contribution is 0.438. The van der Waals surface area contributed by atoms with Crippen LogP contribution in [0.5, 0.6) is 5.75 Å². The first-order chi connectivity index (χ1) is 13.4. The van der Waals surface area contributed by atoms with Gasteiger partial charge in [-0.05, 0) is 54.0 Å². The van der Waals surface area contributed by atoms with Gasteiger partial charge >= 0.3 is 0 Å². The number of phenols is 1. The average molecular weight is 380 g/mol. The van der Waals surface area contributed by atoms with Gasteiger partial charge in [0.1, 0.15) is 5.75 Å². The van der Waals surface area contributed by atoms with E-state index in [-0.39, 0.29) is 5.41 Å². The monoisotopic (exact) mass is 379 g/mol. The van der Waals surface area contributed by atoms with Crippen LogP contribution in [0.3, 0.4) is 0 Å². The first-order valence-corrected chi connectivity index (χ1v) is 10.3. The Balaban J connectivity index is 1.63. The zero-order valence-electron chi connectivity index (χ0n) is 17.3. The van der Waals surface area contributed by atoms with Gasteiger partial charge in [-0.15, -0.1) is 0 Å². The number of hydrogen-bond donors (Lipinski definition) is 3. The fraction of sp³-hybridized carbons (Fsp3) is 0.458. The maximum absolute atomic E-state index is 10.7. The van der Waals surface area contributed by atoms with Crippen molar-refractivity contribution in [3.63, 3.8) is 0 Å². The van der Waals surface area contributed by atoms with E-state index in [4.69, 9.17) is 0 Å². The number of nitrogens with zero attached hydrogens (tertiary/aromatic N) is 1. The second-order valence-electron chi connectivity index (χ2n) is 8.70. The third-order valence-electron chi connectivity index (χ3n) is 5.36. The highest BCUT2D eigenvalue weighted by Gasteiger charge is 2.20. The van der Waals surface area contributed by atoms with Crippen LogP contribution >= 0.6 is 0 Å². The van der Waals surface area contributed by atoms with Crippen molar-refractivity contribution in [2.24, 2.45) is 0 Å². The summed E-state index contributed by atoms with van der Waals surface area (Å²) in [7, 11) is 0. The molecular formula is C24H33N3O. The van der Waals surface area contributed by atoms with Crippen LogP contribution in [0, 0.1) is 0 Å². The molecule has 0 aliphatic heterocycles. The van der Waals surface area contributed by atoms with Crippen molar-refractivity contribution in [2.75, 3.05) is 0 Å². The van der Waals surface area contributed by atoms with Gasteiger partial charge in [-0.1, -0.05) is 45.4 Å². The molecule has 0 radical (unpaired) electrons. The summed E-state index contributed by atoms with van der Waals surface area (Å²) >= 11 is 0. The Bertz CT molecular complexity index is 793. The van der Waals surface area contributed by atoms with Gasteiger partial charge in [-0.25, -0.2) is 0 Å². The summed E-state index contributed by atoms with van der Waals surface area (Å²) in [5.74, 6) is 0.420. The Hall–Kier alpha value is -2.33. The van der Waals surface area contributed by atoms with E-state index in [9.17, 15) is 5.11 Å². The lowest BCUT2D eigenvalue weighted by Gasteiger charge is -2.22. The van der Waals surface area contributed by atoms with Crippen LogP contribution in [0.15, 0.2) is 54.5 Å². The number of aromatic hydroxyl groups is 1. The summed E-state index contributed by atoms with van der Waals surface area (Å²) in [4.78, 5) is 4.08. The lowest BCUT2D eigenvalue weighted by atomic mass is 9.85. The van der Waals surface area contributed by atoms with E-state index >= 15 is 0 Å². The topological polar surface area (TPSA) is 57.2 Å². The highest BCUT2D eigenvalue weighted by atomic mass is 16.3. The van der Waals surface area contributed by atoms with Crippen LogP contribution in [-0.4, -0.2) is 16.1 Å². The average Bonchev–Trinajstić information content (AvgIpc) is 2.91. The summed E-state index contributed by atoms with van der Waals surface area (Å²) in [5, 5.41) is 17.9. The molecule has 1 heterocycles. The molecule has 3 rings (SSSR count). The van der Waals surface area contributed by atoms with Crippen molar-refractivity contribution in [2.45, 2.75) is 71.0 Å². The van der Waals surface area contributed by atoms with E-state index in [1.807, 2.05) is 30.6 Å². The van der Waals surface area contributed by atoms with E-state index < -0.39 is 0 Å². The predicted octanol–water partition coefficient (Wildman–Crippen LogP) is 4.79. The maximum atomic E-state index is 10.7. The van der Waals surface area contributed by atoms with Crippen molar-refractivity contribution in [3.05, 3.63) is 71.2 Å². The molecule has 0 saturated heterocycles. The molecule has 4 heteroatoms. The number of para-hydroxylation sites is 1. The van der Waals surface area contributed by atoms with Crippen LogP contribution in [0.25, 0.3) is 0 Å². The Morgan fingerprint density at radius 2 is 1.86 bits per heavy atom. The lowest BCUT2D eigenvalue weighted by Crippen LogP contribution is -2.27. The van der Waals surface area contributed by atoms with Crippen LogP contribution in [0.2, 0.25) is 0 Å². The van der Waals surface area contributed by atoms with E-state index in [0.29, 0.717) is 18.3 Å². The van der Waals surface area contributed by atoms with Crippen LogP contribution in [-0.2, 0) is 18.5 Å². The normalized spacial score (nSPS) is 17.7. The van der Waals surface area contributed by atoms with Gasteiger partial charge in [-0.2, -0.15) is 0 Å². The number of allylic oxidation sites excluding steroid dienone is 1. The first kappa shape index (κ1) is 20.4. The predicted molar refractivity (Wildman–Crippen MR) is 115 cm³/mol. The van der Waals surface area contributed by atoms with E-state index in [1.165, 1.54) is 24.1 Å². The minimum atomic E-state index is -0.0658. The molecule has 2 aromatic rings. The molecule has 0 bridgehead atoms. The SMILES string of the molecule is CC(C)(C)c1cccc(CNC2=C[C@H](NCc3ccncc3)CCCC2)c1O. The van der Waals surface area contributed by atoms with Gasteiger partial charge < -0.3 is 15.7 Å². The van der Waals surface area contributed by atoms with Crippen molar-refractivity contribution in [1.82, 2.24) is 15.6 Å². The van der Waals surface area contributed by atoms with Gasteiger partial charge in [0.15, 0.2) is 0 Å². The minimum absolute atomic E-state index is 0.0658. The van der Waals surface area contributed by atoms with Crippen molar-refractivity contribution >= 4 is 0 Å². The summed E-state index contributed by atoms with van der Waals surface area (Å²) in [5.41, 5.74) is 4.41. The van der Waals surface area contributed by atoms with Crippen LogP contribution in [0.4, 0.5) is 0 Å². The van der Waals surface area contributed by atoms with Crippen molar-refractivity contribution < 1.29 is 5.11 Å². The Labute approximate surface area is 169 Å². The van der Waals surface area contributed by atoms with Gasteiger partial charge in [0, 0.05) is 42.8 Å². The van der Waals surface area contributed by atoms with Crippen molar-refractivity contribution in [3.8, 4) is 5.75 Å². The number of nitrogens with one attached hydrogen (secondary N) is 2. The van der Waals surface area contributed by atoms with Crippen molar-refractivity contribution in [1.29, 1.82) is 0 Å². The fourth-order valence-electron chi connectivity index (χ4n) is 3.70. The molecule has 1 aromatic heterocycles. The van der Waals surface area contributed by atoms with Crippen LogP contribution in [0.1, 0.15) is 63.1 Å². The third-order valence-corrected chi connectivity index (χ3v) is 5.36. The molecule has 150 valence electrons. The zero-order valence-corrected chi connectivity index (χ0v) is 17.3. The third kappa shape index (κ3) is 5.59. The molecule has 0 amide bonds. The molecule has 3 N–H and O–H groups in total. The zero-order chi connectivity index (χ0) is 20.0. The maximum Gasteiger partial charge on any atom is 0.124 e. The summed E-state index contributed by atoms with van der Waals surface area (Å²) in [6.45, 7) is 7.90. The molecule has 0 saturated carbocycles. The number of rotatable bonds is 6. The molecule has 1 aliphatic rings. The molecule has 0 spiro atoms. The number of hydrogen-bond acceptors (Lipinski definition) is 4. The molecule has 1 aromatic carbocycles. The second kappa shape index (κ2) is 9.24. The van der Waals surface area contributed by atoms with E-state index in [2.05, 4.69) is 54.6 Å². The summed E-state index contributed by atoms with van der Waals surface area (Å²) in [6.07, 6.45) is 10.6. The Kier molecular flexibility index (Phi) is 6.74. The molecule has 4 nitrogen and oxygen atoms in total. The summed E-state index contributed by atoms with van der Waals surface area (Å²) < 4.78 is 0. The Morgan fingerprint density at radius 1 is 1.07 bits per heavy atom. The number of benzene rings is 1. The fourth-order valence-corrected chi connectivity index (χ4v) is 3.70. The quantitative estimate of drug-likeness (QED) is 0.675. The van der Waals surface area contributed by atoms with Gasteiger partial charge in [0.05, 0.1) is 0 Å². The largest absolute Gasteiger partial charge is 0.507 e. The van der Waals surface area contributed by atoms with E-state index in [1.54, 1.807) is 0 Å². The Morgan fingerprint density at radius 3 is 2.61 bits per heavy atom. The standard InChI is InChI=1S/C24H33N3O/c1-24(2,3)22-10-6-7-19(23(22)28)17-27-21-9-5-4-8-20(15-21)26-16-18-11-13-25-14-12-18/h6-7,10-15,20,26-28H,4-5,8-9,16-17H2,1-3H3/t20-/m1/s1. The molecule has 1 atom stereocenters. The number of aromatic nitrogens is 1. The molecule has 1 aliphatic carbocycles. The minimum Gasteiger partial charge on any atom is -0.507 e. The smallest absolute Gasteiger partial charge is 0.124 e. The van der Waals surface area contributed by atoms with Crippen LogP contribution < -0.4 is 10.6 Å². The van der Waals surface area contributed by atoms with Gasteiger partial charge in [-0.3, -0.25) is 4.98 Å². The first-order valence-electron chi connectivity index (χ1n) is 10.3. The molecule has 0 unspecified atom stereocenters.